The fourth-order valence-electron chi connectivity index (χ4n) is 1.61. The summed E-state index contributed by atoms with van der Waals surface area (Å²) < 4.78 is 11.7. The van der Waals surface area contributed by atoms with Gasteiger partial charge in [0, 0.05) is 10.5 Å². The minimum Gasteiger partial charge on any atom is -0.493 e. The van der Waals surface area contributed by atoms with E-state index in [1.807, 2.05) is 6.07 Å². The SMILES string of the molecule is COc1cc(C#N)ccc1Oc1cc(Br)ccc1C#N. The summed E-state index contributed by atoms with van der Waals surface area (Å²) in [5.41, 5.74) is 0.892. The average Bonchev–Trinajstić information content (AvgIpc) is 2.48. The molecule has 0 aromatic heterocycles. The zero-order chi connectivity index (χ0) is 14.5. The maximum absolute atomic E-state index is 9.08. The van der Waals surface area contributed by atoms with Gasteiger partial charge in [-0.05, 0) is 30.3 Å². The Morgan fingerprint density at radius 3 is 2.40 bits per heavy atom. The predicted octanol–water partition coefficient (Wildman–Crippen LogP) is 3.99. The first-order chi connectivity index (χ1) is 9.67. The van der Waals surface area contributed by atoms with Crippen molar-refractivity contribution in [1.29, 1.82) is 10.5 Å². The number of methoxy groups -OCH3 is 1. The first-order valence-corrected chi connectivity index (χ1v) is 6.43. The normalized spacial score (nSPS) is 9.40. The van der Waals surface area contributed by atoms with Crippen LogP contribution in [0.25, 0.3) is 0 Å². The van der Waals surface area contributed by atoms with Crippen molar-refractivity contribution < 1.29 is 9.47 Å². The molecule has 0 fully saturated rings. The Hall–Kier alpha value is -2.50. The lowest BCUT2D eigenvalue weighted by Gasteiger charge is -2.11. The Morgan fingerprint density at radius 2 is 1.75 bits per heavy atom. The molecule has 98 valence electrons. The summed E-state index contributed by atoms with van der Waals surface area (Å²) >= 11 is 3.33. The van der Waals surface area contributed by atoms with Gasteiger partial charge in [-0.25, -0.2) is 0 Å². The molecule has 0 amide bonds. The molecule has 0 aliphatic heterocycles. The molecule has 0 saturated carbocycles. The summed E-state index contributed by atoms with van der Waals surface area (Å²) in [6.07, 6.45) is 0. The van der Waals surface area contributed by atoms with Gasteiger partial charge in [0.1, 0.15) is 11.8 Å². The van der Waals surface area contributed by atoms with Crippen LogP contribution in [0.2, 0.25) is 0 Å². The van der Waals surface area contributed by atoms with Gasteiger partial charge in [-0.2, -0.15) is 10.5 Å². The molecular weight excluding hydrogens is 320 g/mol. The van der Waals surface area contributed by atoms with Crippen molar-refractivity contribution in [1.82, 2.24) is 0 Å². The maximum atomic E-state index is 9.08. The lowest BCUT2D eigenvalue weighted by Crippen LogP contribution is -1.93. The van der Waals surface area contributed by atoms with E-state index in [0.29, 0.717) is 28.4 Å². The molecule has 0 radical (unpaired) electrons. The number of benzene rings is 2. The highest BCUT2D eigenvalue weighted by atomic mass is 79.9. The van der Waals surface area contributed by atoms with E-state index in [1.54, 1.807) is 36.4 Å². The van der Waals surface area contributed by atoms with Crippen LogP contribution in [0.1, 0.15) is 11.1 Å². The van der Waals surface area contributed by atoms with Crippen LogP contribution in [-0.2, 0) is 0 Å². The topological polar surface area (TPSA) is 66.0 Å². The third-order valence-electron chi connectivity index (χ3n) is 2.58. The van der Waals surface area contributed by atoms with Crippen LogP contribution in [0.15, 0.2) is 40.9 Å². The van der Waals surface area contributed by atoms with Crippen LogP contribution in [0.5, 0.6) is 17.2 Å². The molecule has 4 nitrogen and oxygen atoms in total. The molecule has 0 unspecified atom stereocenters. The van der Waals surface area contributed by atoms with Crippen LogP contribution in [0, 0.1) is 22.7 Å². The van der Waals surface area contributed by atoms with E-state index in [1.165, 1.54) is 7.11 Å². The van der Waals surface area contributed by atoms with E-state index in [9.17, 15) is 0 Å². The summed E-state index contributed by atoms with van der Waals surface area (Å²) in [6, 6.07) is 14.1. The number of nitriles is 2. The van der Waals surface area contributed by atoms with Crippen molar-refractivity contribution in [2.75, 3.05) is 7.11 Å². The van der Waals surface area contributed by atoms with E-state index >= 15 is 0 Å². The Bertz CT molecular complexity index is 730. The second-order valence-corrected chi connectivity index (χ2v) is 4.75. The van der Waals surface area contributed by atoms with Crippen molar-refractivity contribution in [3.63, 3.8) is 0 Å². The molecule has 0 bridgehead atoms. The zero-order valence-electron chi connectivity index (χ0n) is 10.6. The molecule has 0 atom stereocenters. The highest BCUT2D eigenvalue weighted by molar-refractivity contribution is 9.10. The maximum Gasteiger partial charge on any atom is 0.169 e. The van der Waals surface area contributed by atoms with E-state index in [2.05, 4.69) is 22.0 Å². The van der Waals surface area contributed by atoms with Gasteiger partial charge in [-0.1, -0.05) is 15.9 Å². The van der Waals surface area contributed by atoms with Gasteiger partial charge in [0.05, 0.1) is 24.3 Å². The third kappa shape index (κ3) is 2.90. The number of halogens is 1. The fraction of sp³-hybridized carbons (Fsp3) is 0.0667. The van der Waals surface area contributed by atoms with Gasteiger partial charge < -0.3 is 9.47 Å². The summed E-state index contributed by atoms with van der Waals surface area (Å²) in [7, 11) is 1.50. The largest absolute Gasteiger partial charge is 0.493 e. The number of nitrogens with zero attached hydrogens (tertiary/aromatic N) is 2. The van der Waals surface area contributed by atoms with E-state index in [0.717, 1.165) is 4.47 Å². The summed E-state index contributed by atoms with van der Waals surface area (Å²) in [5.74, 6) is 1.30. The first-order valence-electron chi connectivity index (χ1n) is 5.63. The highest BCUT2D eigenvalue weighted by Gasteiger charge is 2.10. The quantitative estimate of drug-likeness (QED) is 0.854. The van der Waals surface area contributed by atoms with Crippen LogP contribution in [0.3, 0.4) is 0 Å². The van der Waals surface area contributed by atoms with Gasteiger partial charge in [0.2, 0.25) is 0 Å². The molecule has 0 spiro atoms. The molecular formula is C15H9BrN2O2. The van der Waals surface area contributed by atoms with Crippen molar-refractivity contribution >= 4 is 15.9 Å². The van der Waals surface area contributed by atoms with E-state index < -0.39 is 0 Å². The Morgan fingerprint density at radius 1 is 0.950 bits per heavy atom. The fourth-order valence-corrected chi connectivity index (χ4v) is 1.95. The van der Waals surface area contributed by atoms with Gasteiger partial charge in [0.15, 0.2) is 11.5 Å². The Balaban J connectivity index is 2.43. The van der Waals surface area contributed by atoms with Crippen LogP contribution in [-0.4, -0.2) is 7.11 Å². The van der Waals surface area contributed by atoms with Crippen molar-refractivity contribution in [2.45, 2.75) is 0 Å². The molecule has 2 rings (SSSR count). The average molecular weight is 329 g/mol. The first kappa shape index (κ1) is 13.9. The number of rotatable bonds is 3. The van der Waals surface area contributed by atoms with Crippen LogP contribution < -0.4 is 9.47 Å². The smallest absolute Gasteiger partial charge is 0.169 e. The molecule has 2 aromatic carbocycles. The molecule has 0 saturated heterocycles. The van der Waals surface area contributed by atoms with Gasteiger partial charge in [-0.15, -0.1) is 0 Å². The Kier molecular flexibility index (Phi) is 4.24. The minimum atomic E-state index is 0.416. The highest BCUT2D eigenvalue weighted by Crippen LogP contribution is 2.34. The number of hydrogen-bond acceptors (Lipinski definition) is 4. The van der Waals surface area contributed by atoms with Crippen molar-refractivity contribution in [3.05, 3.63) is 52.0 Å². The molecule has 5 heteroatoms. The predicted molar refractivity (Wildman–Crippen MR) is 76.6 cm³/mol. The lowest BCUT2D eigenvalue weighted by atomic mass is 10.2. The molecule has 0 heterocycles. The Labute approximate surface area is 124 Å². The van der Waals surface area contributed by atoms with Crippen molar-refractivity contribution in [2.24, 2.45) is 0 Å². The molecule has 0 aliphatic rings. The standard InChI is InChI=1S/C15H9BrN2O2/c1-19-15-6-10(8-17)2-5-13(15)20-14-7-12(16)4-3-11(14)9-18/h2-7H,1H3. The van der Waals surface area contributed by atoms with E-state index in [-0.39, 0.29) is 0 Å². The number of hydrogen-bond donors (Lipinski definition) is 0. The second-order valence-electron chi connectivity index (χ2n) is 3.83. The van der Waals surface area contributed by atoms with Gasteiger partial charge in [-0.3, -0.25) is 0 Å². The summed E-state index contributed by atoms with van der Waals surface area (Å²) in [4.78, 5) is 0. The zero-order valence-corrected chi connectivity index (χ0v) is 12.1. The molecule has 2 aromatic rings. The molecule has 0 aliphatic carbocycles. The second kappa shape index (κ2) is 6.10. The number of ether oxygens (including phenoxy) is 2. The summed E-state index contributed by atoms with van der Waals surface area (Å²) in [6.45, 7) is 0. The molecule has 20 heavy (non-hydrogen) atoms. The van der Waals surface area contributed by atoms with Gasteiger partial charge in [0.25, 0.3) is 0 Å². The molecule has 0 N–H and O–H groups in total. The van der Waals surface area contributed by atoms with Crippen LogP contribution in [0.4, 0.5) is 0 Å². The summed E-state index contributed by atoms with van der Waals surface area (Å²) in [5, 5.41) is 17.9. The minimum absolute atomic E-state index is 0.416. The van der Waals surface area contributed by atoms with E-state index in [4.69, 9.17) is 20.0 Å². The monoisotopic (exact) mass is 328 g/mol. The third-order valence-corrected chi connectivity index (χ3v) is 3.07. The van der Waals surface area contributed by atoms with Gasteiger partial charge >= 0.3 is 0 Å². The van der Waals surface area contributed by atoms with Crippen LogP contribution >= 0.6 is 15.9 Å². The van der Waals surface area contributed by atoms with Crippen molar-refractivity contribution in [3.8, 4) is 29.4 Å². The lowest BCUT2D eigenvalue weighted by molar-refractivity contribution is 0.378.